The summed E-state index contributed by atoms with van der Waals surface area (Å²) in [4.78, 5) is 26.4. The van der Waals surface area contributed by atoms with Crippen molar-refractivity contribution < 1.29 is 14.7 Å². The smallest absolute Gasteiger partial charge is 0.276 e. The first-order valence-corrected chi connectivity index (χ1v) is 8.84. The average molecular weight is 356 g/mol. The molecule has 7 nitrogen and oxygen atoms in total. The molecule has 1 aliphatic heterocycles. The molecule has 2 amide bonds. The van der Waals surface area contributed by atoms with Crippen molar-refractivity contribution in [1.82, 2.24) is 14.7 Å². The molecule has 0 saturated heterocycles. The lowest BCUT2D eigenvalue weighted by molar-refractivity contribution is -0.142. The van der Waals surface area contributed by atoms with Gasteiger partial charge in [-0.3, -0.25) is 14.3 Å². The number of hydrogen-bond acceptors (Lipinski definition) is 4. The number of benzene rings is 1. The fourth-order valence-electron chi connectivity index (χ4n) is 3.04. The van der Waals surface area contributed by atoms with E-state index in [0.717, 1.165) is 5.69 Å². The molecule has 3 rings (SSSR count). The molecular weight excluding hydrogens is 332 g/mol. The number of rotatable bonds is 5. The topological polar surface area (TPSA) is 87.5 Å². The Bertz CT molecular complexity index is 785. The maximum Gasteiger partial charge on any atom is 0.276 e. The second-order valence-electron chi connectivity index (χ2n) is 6.97. The SMILES string of the molecule is CC(C)C[C@@H](O)C(=O)N1CCn2nc(C(=O)Nc3ccccc3)cc2C1. The van der Waals surface area contributed by atoms with Crippen molar-refractivity contribution in [2.75, 3.05) is 11.9 Å². The Labute approximate surface area is 152 Å². The van der Waals surface area contributed by atoms with Crippen LogP contribution in [-0.2, 0) is 17.9 Å². The summed E-state index contributed by atoms with van der Waals surface area (Å²) in [5.41, 5.74) is 1.82. The molecule has 1 aromatic carbocycles. The van der Waals surface area contributed by atoms with E-state index in [-0.39, 0.29) is 17.7 Å². The molecule has 0 spiro atoms. The van der Waals surface area contributed by atoms with Gasteiger partial charge in [0.05, 0.1) is 18.8 Å². The van der Waals surface area contributed by atoms with E-state index in [0.29, 0.717) is 37.4 Å². The Hall–Kier alpha value is -2.67. The Morgan fingerprint density at radius 3 is 2.65 bits per heavy atom. The van der Waals surface area contributed by atoms with Crippen molar-refractivity contribution in [3.8, 4) is 0 Å². The number of aromatic nitrogens is 2. The van der Waals surface area contributed by atoms with Crippen LogP contribution in [-0.4, -0.2) is 44.3 Å². The number of aliphatic hydroxyl groups is 1. The monoisotopic (exact) mass is 356 g/mol. The highest BCUT2D eigenvalue weighted by molar-refractivity contribution is 6.02. The van der Waals surface area contributed by atoms with E-state index < -0.39 is 6.10 Å². The van der Waals surface area contributed by atoms with Crippen LogP contribution < -0.4 is 5.32 Å². The summed E-state index contributed by atoms with van der Waals surface area (Å²) >= 11 is 0. The number of fused-ring (bicyclic) bond motifs is 1. The van der Waals surface area contributed by atoms with E-state index in [4.69, 9.17) is 0 Å². The Balaban J connectivity index is 1.67. The fraction of sp³-hybridized carbons (Fsp3) is 0.421. The van der Waals surface area contributed by atoms with E-state index in [1.54, 1.807) is 15.6 Å². The molecule has 2 N–H and O–H groups in total. The number of para-hydroxylation sites is 1. The Kier molecular flexibility index (Phi) is 5.37. The minimum Gasteiger partial charge on any atom is -0.383 e. The largest absolute Gasteiger partial charge is 0.383 e. The maximum absolute atomic E-state index is 12.4. The Morgan fingerprint density at radius 1 is 1.23 bits per heavy atom. The van der Waals surface area contributed by atoms with Gasteiger partial charge in [0.2, 0.25) is 0 Å². The fourth-order valence-corrected chi connectivity index (χ4v) is 3.04. The molecule has 0 radical (unpaired) electrons. The van der Waals surface area contributed by atoms with Gasteiger partial charge >= 0.3 is 0 Å². The van der Waals surface area contributed by atoms with E-state index in [1.165, 1.54) is 0 Å². The van der Waals surface area contributed by atoms with Crippen LogP contribution in [0.15, 0.2) is 36.4 Å². The van der Waals surface area contributed by atoms with Gasteiger partial charge in [0.1, 0.15) is 6.10 Å². The lowest BCUT2D eigenvalue weighted by atomic mass is 10.0. The number of carbonyl (C=O) groups excluding carboxylic acids is 2. The average Bonchev–Trinajstić information content (AvgIpc) is 3.04. The van der Waals surface area contributed by atoms with Gasteiger partial charge in [-0.2, -0.15) is 5.10 Å². The molecule has 0 unspecified atom stereocenters. The number of nitrogens with one attached hydrogen (secondary N) is 1. The molecule has 2 aromatic rings. The molecule has 26 heavy (non-hydrogen) atoms. The summed E-state index contributed by atoms with van der Waals surface area (Å²) in [6.45, 7) is 5.27. The summed E-state index contributed by atoms with van der Waals surface area (Å²) in [5.74, 6) is -0.296. The number of amides is 2. The number of hydrogen-bond donors (Lipinski definition) is 2. The van der Waals surface area contributed by atoms with Gasteiger partial charge in [-0.1, -0.05) is 32.0 Å². The molecule has 1 aliphatic rings. The van der Waals surface area contributed by atoms with Crippen molar-refractivity contribution in [2.24, 2.45) is 5.92 Å². The second-order valence-corrected chi connectivity index (χ2v) is 6.97. The number of nitrogens with zero attached hydrogens (tertiary/aromatic N) is 3. The van der Waals surface area contributed by atoms with Gasteiger partial charge in [0.15, 0.2) is 5.69 Å². The predicted octanol–water partition coefficient (Wildman–Crippen LogP) is 1.88. The van der Waals surface area contributed by atoms with E-state index in [9.17, 15) is 14.7 Å². The van der Waals surface area contributed by atoms with Crippen molar-refractivity contribution in [1.29, 1.82) is 0 Å². The quantitative estimate of drug-likeness (QED) is 0.856. The molecule has 1 aromatic heterocycles. The van der Waals surface area contributed by atoms with Gasteiger partial charge < -0.3 is 15.3 Å². The molecule has 0 bridgehead atoms. The van der Waals surface area contributed by atoms with E-state index >= 15 is 0 Å². The van der Waals surface area contributed by atoms with Crippen molar-refractivity contribution in [3.63, 3.8) is 0 Å². The molecule has 2 heterocycles. The van der Waals surface area contributed by atoms with Crippen molar-refractivity contribution in [3.05, 3.63) is 47.8 Å². The van der Waals surface area contributed by atoms with Crippen molar-refractivity contribution in [2.45, 2.75) is 39.5 Å². The molecular formula is C19H24N4O3. The highest BCUT2D eigenvalue weighted by atomic mass is 16.3. The van der Waals surface area contributed by atoms with Gasteiger partial charge in [-0.25, -0.2) is 0 Å². The Morgan fingerprint density at radius 2 is 1.96 bits per heavy atom. The number of carbonyl (C=O) groups is 2. The molecule has 138 valence electrons. The summed E-state index contributed by atoms with van der Waals surface area (Å²) < 4.78 is 1.75. The third-order valence-electron chi connectivity index (χ3n) is 4.35. The third-order valence-corrected chi connectivity index (χ3v) is 4.35. The summed E-state index contributed by atoms with van der Waals surface area (Å²) in [5, 5.41) is 17.2. The summed E-state index contributed by atoms with van der Waals surface area (Å²) in [6, 6.07) is 10.9. The molecule has 7 heteroatoms. The second kappa shape index (κ2) is 7.70. The van der Waals surface area contributed by atoms with Gasteiger partial charge in [-0.15, -0.1) is 0 Å². The van der Waals surface area contributed by atoms with E-state index in [1.807, 2.05) is 44.2 Å². The zero-order valence-electron chi connectivity index (χ0n) is 15.1. The molecule has 1 atom stereocenters. The first-order chi connectivity index (χ1) is 12.4. The standard InChI is InChI=1S/C19H24N4O3/c1-13(2)10-17(24)19(26)22-8-9-23-15(12-22)11-16(21-23)18(25)20-14-6-4-3-5-7-14/h3-7,11,13,17,24H,8-10,12H2,1-2H3,(H,20,25)/t17-/m1/s1. The summed E-state index contributed by atoms with van der Waals surface area (Å²) in [6.07, 6.45) is -0.537. The zero-order chi connectivity index (χ0) is 18.7. The highest BCUT2D eigenvalue weighted by Gasteiger charge is 2.28. The van der Waals surface area contributed by atoms with E-state index in [2.05, 4.69) is 10.4 Å². The molecule has 0 aliphatic carbocycles. The third kappa shape index (κ3) is 4.11. The normalized spacial score (nSPS) is 14.8. The first kappa shape index (κ1) is 18.1. The molecule has 0 saturated carbocycles. The van der Waals surface area contributed by atoms with Gasteiger partial charge in [0, 0.05) is 12.2 Å². The zero-order valence-corrected chi connectivity index (χ0v) is 15.1. The summed E-state index contributed by atoms with van der Waals surface area (Å²) in [7, 11) is 0. The van der Waals surface area contributed by atoms with Crippen LogP contribution in [0.1, 0.15) is 36.5 Å². The van der Waals surface area contributed by atoms with Crippen molar-refractivity contribution >= 4 is 17.5 Å². The van der Waals surface area contributed by atoms with Gasteiger partial charge in [-0.05, 0) is 30.5 Å². The van der Waals surface area contributed by atoms with Crippen LogP contribution in [0.3, 0.4) is 0 Å². The van der Waals surface area contributed by atoms with Crippen LogP contribution >= 0.6 is 0 Å². The van der Waals surface area contributed by atoms with Crippen LogP contribution in [0.2, 0.25) is 0 Å². The van der Waals surface area contributed by atoms with Crippen LogP contribution in [0.25, 0.3) is 0 Å². The number of aliphatic hydroxyl groups excluding tert-OH is 1. The molecule has 0 fully saturated rings. The van der Waals surface area contributed by atoms with Gasteiger partial charge in [0.25, 0.3) is 11.8 Å². The lowest BCUT2D eigenvalue weighted by Crippen LogP contribution is -2.44. The lowest BCUT2D eigenvalue weighted by Gasteiger charge is -2.29. The predicted molar refractivity (Wildman–Crippen MR) is 97.5 cm³/mol. The van der Waals surface area contributed by atoms with Crippen LogP contribution in [0, 0.1) is 5.92 Å². The maximum atomic E-state index is 12.4. The number of anilines is 1. The minimum atomic E-state index is -0.981. The van der Waals surface area contributed by atoms with Crippen LogP contribution in [0.5, 0.6) is 0 Å². The minimum absolute atomic E-state index is 0.248. The first-order valence-electron chi connectivity index (χ1n) is 8.84. The van der Waals surface area contributed by atoms with Crippen LogP contribution in [0.4, 0.5) is 5.69 Å². The highest BCUT2D eigenvalue weighted by Crippen LogP contribution is 2.17.